The van der Waals surface area contributed by atoms with Crippen LogP contribution >= 0.6 is 0 Å². The second-order valence-corrected chi connectivity index (χ2v) is 5.67. The van der Waals surface area contributed by atoms with Crippen molar-refractivity contribution in [2.24, 2.45) is 0 Å². The van der Waals surface area contributed by atoms with E-state index in [1.807, 2.05) is 23.1 Å². The maximum atomic E-state index is 12.0. The first-order valence-electron chi connectivity index (χ1n) is 6.69. The van der Waals surface area contributed by atoms with Crippen molar-refractivity contribution in [1.82, 2.24) is 10.2 Å². The third kappa shape index (κ3) is 3.22. The van der Waals surface area contributed by atoms with Gasteiger partial charge in [0.2, 0.25) is 5.91 Å². The van der Waals surface area contributed by atoms with E-state index in [4.69, 9.17) is 9.47 Å². The minimum Gasteiger partial charge on any atom is -0.497 e. The van der Waals surface area contributed by atoms with Crippen LogP contribution in [0.1, 0.15) is 19.4 Å². The molecule has 0 bridgehead atoms. The van der Waals surface area contributed by atoms with Crippen LogP contribution in [0.5, 0.6) is 11.5 Å². The summed E-state index contributed by atoms with van der Waals surface area (Å²) in [6.45, 7) is 5.80. The highest BCUT2D eigenvalue weighted by Crippen LogP contribution is 2.26. The van der Waals surface area contributed by atoms with Crippen molar-refractivity contribution in [1.29, 1.82) is 0 Å². The van der Waals surface area contributed by atoms with Gasteiger partial charge in [0.1, 0.15) is 11.5 Å². The number of carbonyl (C=O) groups is 1. The molecule has 1 aromatic carbocycles. The Kier molecular flexibility index (Phi) is 4.18. The number of nitrogens with one attached hydrogen (secondary N) is 1. The van der Waals surface area contributed by atoms with Crippen molar-refractivity contribution in [2.75, 3.05) is 27.3 Å². The van der Waals surface area contributed by atoms with Crippen molar-refractivity contribution in [3.63, 3.8) is 0 Å². The molecule has 0 saturated carbocycles. The standard InChI is InChI=1S/C15H22N2O3/c1-15(2)10-17(14(18)8-16-15)9-11-5-6-12(19-3)7-13(11)20-4/h5-7,16H,8-10H2,1-4H3. The molecule has 20 heavy (non-hydrogen) atoms. The van der Waals surface area contributed by atoms with Gasteiger partial charge in [0, 0.05) is 30.3 Å². The van der Waals surface area contributed by atoms with E-state index in [-0.39, 0.29) is 11.4 Å². The van der Waals surface area contributed by atoms with Gasteiger partial charge in [-0.2, -0.15) is 0 Å². The van der Waals surface area contributed by atoms with Crippen LogP contribution < -0.4 is 14.8 Å². The van der Waals surface area contributed by atoms with E-state index in [0.29, 0.717) is 19.6 Å². The fourth-order valence-electron chi connectivity index (χ4n) is 2.38. The third-order valence-corrected chi connectivity index (χ3v) is 3.51. The monoisotopic (exact) mass is 278 g/mol. The number of ether oxygens (including phenoxy) is 2. The van der Waals surface area contributed by atoms with Crippen LogP contribution in [0.3, 0.4) is 0 Å². The van der Waals surface area contributed by atoms with Crippen LogP contribution in [-0.4, -0.2) is 43.7 Å². The summed E-state index contributed by atoms with van der Waals surface area (Å²) < 4.78 is 10.6. The lowest BCUT2D eigenvalue weighted by atomic mass is 10.0. The van der Waals surface area contributed by atoms with Crippen LogP contribution in [0, 0.1) is 0 Å². The molecule has 1 heterocycles. The van der Waals surface area contributed by atoms with E-state index in [0.717, 1.165) is 17.1 Å². The predicted molar refractivity (Wildman–Crippen MR) is 77.0 cm³/mol. The number of piperazine rings is 1. The van der Waals surface area contributed by atoms with E-state index in [1.165, 1.54) is 0 Å². The molecular weight excluding hydrogens is 256 g/mol. The second-order valence-electron chi connectivity index (χ2n) is 5.67. The molecule has 0 aliphatic carbocycles. The van der Waals surface area contributed by atoms with Gasteiger partial charge in [-0.25, -0.2) is 0 Å². The molecule has 0 spiro atoms. The first kappa shape index (κ1) is 14.7. The molecule has 5 nitrogen and oxygen atoms in total. The molecule has 0 unspecified atom stereocenters. The summed E-state index contributed by atoms with van der Waals surface area (Å²) in [5.41, 5.74) is 0.924. The van der Waals surface area contributed by atoms with Gasteiger partial charge in [-0.05, 0) is 26.0 Å². The second kappa shape index (κ2) is 5.71. The van der Waals surface area contributed by atoms with Crippen molar-refractivity contribution < 1.29 is 14.3 Å². The number of hydrogen-bond acceptors (Lipinski definition) is 4. The summed E-state index contributed by atoms with van der Waals surface area (Å²) in [4.78, 5) is 13.9. The van der Waals surface area contributed by atoms with Gasteiger partial charge in [-0.15, -0.1) is 0 Å². The fourth-order valence-corrected chi connectivity index (χ4v) is 2.38. The molecular formula is C15H22N2O3. The van der Waals surface area contributed by atoms with Gasteiger partial charge in [0.15, 0.2) is 0 Å². The van der Waals surface area contributed by atoms with E-state index < -0.39 is 0 Å². The summed E-state index contributed by atoms with van der Waals surface area (Å²) in [6.07, 6.45) is 0. The van der Waals surface area contributed by atoms with E-state index in [1.54, 1.807) is 14.2 Å². The van der Waals surface area contributed by atoms with Crippen LogP contribution in [0.15, 0.2) is 18.2 Å². The lowest BCUT2D eigenvalue weighted by Crippen LogP contribution is -2.59. The smallest absolute Gasteiger partial charge is 0.236 e. The molecule has 0 aromatic heterocycles. The average molecular weight is 278 g/mol. The summed E-state index contributed by atoms with van der Waals surface area (Å²) in [5, 5.41) is 3.23. The molecule has 2 rings (SSSR count). The first-order chi connectivity index (χ1) is 9.45. The Labute approximate surface area is 119 Å². The largest absolute Gasteiger partial charge is 0.497 e. The molecule has 0 radical (unpaired) electrons. The molecule has 1 aromatic rings. The molecule has 1 aliphatic rings. The summed E-state index contributed by atoms with van der Waals surface area (Å²) >= 11 is 0. The summed E-state index contributed by atoms with van der Waals surface area (Å²) in [6, 6.07) is 5.67. The summed E-state index contributed by atoms with van der Waals surface area (Å²) in [7, 11) is 3.25. The van der Waals surface area contributed by atoms with Gasteiger partial charge < -0.3 is 19.7 Å². The van der Waals surface area contributed by atoms with Gasteiger partial charge in [-0.1, -0.05) is 0 Å². The molecule has 0 atom stereocenters. The highest BCUT2D eigenvalue weighted by atomic mass is 16.5. The number of carbonyl (C=O) groups excluding carboxylic acids is 1. The number of hydrogen-bond donors (Lipinski definition) is 1. The van der Waals surface area contributed by atoms with Crippen LogP contribution in [-0.2, 0) is 11.3 Å². The zero-order valence-electron chi connectivity index (χ0n) is 12.5. The zero-order valence-corrected chi connectivity index (χ0v) is 12.5. The number of methoxy groups -OCH3 is 2. The minimum atomic E-state index is -0.0619. The molecule has 1 saturated heterocycles. The van der Waals surface area contributed by atoms with Gasteiger partial charge in [-0.3, -0.25) is 4.79 Å². The Morgan fingerprint density at radius 3 is 2.70 bits per heavy atom. The van der Waals surface area contributed by atoms with Crippen molar-refractivity contribution in [3.05, 3.63) is 23.8 Å². The average Bonchev–Trinajstić information content (AvgIpc) is 2.43. The highest BCUT2D eigenvalue weighted by molar-refractivity contribution is 5.79. The number of nitrogens with zero attached hydrogens (tertiary/aromatic N) is 1. The molecule has 1 fully saturated rings. The molecule has 110 valence electrons. The van der Waals surface area contributed by atoms with Gasteiger partial charge >= 0.3 is 0 Å². The van der Waals surface area contributed by atoms with Gasteiger partial charge in [0.25, 0.3) is 0 Å². The SMILES string of the molecule is COc1ccc(CN2CC(C)(C)NCC2=O)c(OC)c1. The quantitative estimate of drug-likeness (QED) is 0.905. The first-order valence-corrected chi connectivity index (χ1v) is 6.69. The third-order valence-electron chi connectivity index (χ3n) is 3.51. The Morgan fingerprint density at radius 2 is 2.05 bits per heavy atom. The Balaban J connectivity index is 2.18. The molecule has 5 heteroatoms. The normalized spacial score (nSPS) is 18.0. The molecule has 1 aliphatic heterocycles. The Morgan fingerprint density at radius 1 is 1.30 bits per heavy atom. The fraction of sp³-hybridized carbons (Fsp3) is 0.533. The maximum absolute atomic E-state index is 12.0. The van der Waals surface area contributed by atoms with Gasteiger partial charge in [0.05, 0.1) is 20.8 Å². The molecule has 1 amide bonds. The van der Waals surface area contributed by atoms with Crippen LogP contribution in [0.25, 0.3) is 0 Å². The number of benzene rings is 1. The minimum absolute atomic E-state index is 0.0619. The van der Waals surface area contributed by atoms with E-state index >= 15 is 0 Å². The van der Waals surface area contributed by atoms with E-state index in [2.05, 4.69) is 19.2 Å². The van der Waals surface area contributed by atoms with Crippen LogP contribution in [0.4, 0.5) is 0 Å². The molecule has 1 N–H and O–H groups in total. The maximum Gasteiger partial charge on any atom is 0.236 e. The number of rotatable bonds is 4. The van der Waals surface area contributed by atoms with Crippen molar-refractivity contribution >= 4 is 5.91 Å². The van der Waals surface area contributed by atoms with Crippen molar-refractivity contribution in [2.45, 2.75) is 25.9 Å². The highest BCUT2D eigenvalue weighted by Gasteiger charge is 2.30. The van der Waals surface area contributed by atoms with Crippen molar-refractivity contribution in [3.8, 4) is 11.5 Å². The topological polar surface area (TPSA) is 50.8 Å². The van der Waals surface area contributed by atoms with Crippen LogP contribution in [0.2, 0.25) is 0 Å². The Hall–Kier alpha value is -1.75. The zero-order chi connectivity index (χ0) is 14.8. The lowest BCUT2D eigenvalue weighted by molar-refractivity contribution is -0.135. The lowest BCUT2D eigenvalue weighted by Gasteiger charge is -2.39. The summed E-state index contributed by atoms with van der Waals surface area (Å²) in [5.74, 6) is 1.60. The number of amides is 1. The predicted octanol–water partition coefficient (Wildman–Crippen LogP) is 1.41. The van der Waals surface area contributed by atoms with E-state index in [9.17, 15) is 4.79 Å². The Bertz CT molecular complexity index is 500.